The van der Waals surface area contributed by atoms with Gasteiger partial charge in [0.15, 0.2) is 13.2 Å². The first-order valence-electron chi connectivity index (χ1n) is 8.06. The van der Waals surface area contributed by atoms with Crippen molar-refractivity contribution in [2.24, 2.45) is 0 Å². The van der Waals surface area contributed by atoms with Crippen LogP contribution in [-0.4, -0.2) is 38.7 Å². The first-order chi connectivity index (χ1) is 13.0. The molecule has 0 saturated heterocycles. The van der Waals surface area contributed by atoms with Gasteiger partial charge in [-0.2, -0.15) is 4.80 Å². The average Bonchev–Trinajstić information content (AvgIpc) is 3.11. The van der Waals surface area contributed by atoms with Crippen molar-refractivity contribution >= 4 is 17.6 Å². The van der Waals surface area contributed by atoms with Gasteiger partial charge in [0.05, 0.1) is 5.69 Å². The number of tetrazole rings is 1. The number of amides is 1. The monoisotopic (exact) mass is 369 g/mol. The molecule has 0 bridgehead atoms. The molecule has 2 aromatic carbocycles. The summed E-state index contributed by atoms with van der Waals surface area (Å²) in [4.78, 5) is 24.6. The van der Waals surface area contributed by atoms with E-state index in [1.807, 2.05) is 31.2 Å². The molecule has 0 fully saturated rings. The minimum atomic E-state index is -0.716. The maximum Gasteiger partial charge on any atom is 0.330 e. The van der Waals surface area contributed by atoms with Crippen LogP contribution in [0.3, 0.4) is 0 Å². The third kappa shape index (κ3) is 4.94. The van der Waals surface area contributed by atoms with Gasteiger partial charge in [0.2, 0.25) is 5.82 Å². The first kappa shape index (κ1) is 18.2. The van der Waals surface area contributed by atoms with Crippen molar-refractivity contribution in [3.63, 3.8) is 0 Å². The summed E-state index contributed by atoms with van der Waals surface area (Å²) in [5.41, 5.74) is 1.88. The smallest absolute Gasteiger partial charge is 0.330 e. The van der Waals surface area contributed by atoms with Gasteiger partial charge in [-0.25, -0.2) is 9.18 Å². The maximum atomic E-state index is 13.5. The van der Waals surface area contributed by atoms with Crippen LogP contribution in [0.1, 0.15) is 5.56 Å². The Bertz CT molecular complexity index is 956. The zero-order valence-corrected chi connectivity index (χ0v) is 14.4. The minimum absolute atomic E-state index is 0.0132. The lowest BCUT2D eigenvalue weighted by Crippen LogP contribution is -2.24. The summed E-state index contributed by atoms with van der Waals surface area (Å²) in [6, 6.07) is 13.2. The number of carbonyl (C=O) groups excluding carboxylic acids is 2. The number of carbonyl (C=O) groups is 2. The van der Waals surface area contributed by atoms with Crippen molar-refractivity contribution in [1.82, 2.24) is 20.2 Å². The number of aryl methyl sites for hydroxylation is 1. The van der Waals surface area contributed by atoms with Gasteiger partial charge in [-0.15, -0.1) is 10.2 Å². The fraction of sp³-hybridized carbons (Fsp3) is 0.167. The first-order valence-corrected chi connectivity index (χ1v) is 8.06. The van der Waals surface area contributed by atoms with Crippen LogP contribution >= 0.6 is 0 Å². The van der Waals surface area contributed by atoms with Gasteiger partial charge < -0.3 is 10.1 Å². The molecular weight excluding hydrogens is 353 g/mol. The number of hydrogen-bond donors (Lipinski definition) is 1. The van der Waals surface area contributed by atoms with E-state index in [0.29, 0.717) is 5.82 Å². The number of halogens is 1. The lowest BCUT2D eigenvalue weighted by molar-refractivity contribution is -0.148. The summed E-state index contributed by atoms with van der Waals surface area (Å²) in [6.07, 6.45) is 0. The predicted octanol–water partition coefficient (Wildman–Crippen LogP) is 1.97. The molecule has 0 aliphatic carbocycles. The Hall–Kier alpha value is -3.62. The van der Waals surface area contributed by atoms with Crippen molar-refractivity contribution in [3.8, 4) is 11.4 Å². The van der Waals surface area contributed by atoms with Crippen LogP contribution < -0.4 is 5.32 Å². The number of nitrogens with one attached hydrogen (secondary N) is 1. The van der Waals surface area contributed by atoms with E-state index in [1.54, 1.807) is 6.07 Å². The summed E-state index contributed by atoms with van der Waals surface area (Å²) < 4.78 is 18.3. The summed E-state index contributed by atoms with van der Waals surface area (Å²) in [5.74, 6) is -1.57. The Morgan fingerprint density at radius 3 is 2.63 bits per heavy atom. The molecule has 3 rings (SSSR count). The molecule has 27 heavy (non-hydrogen) atoms. The topological polar surface area (TPSA) is 99.0 Å². The molecule has 0 aliphatic heterocycles. The highest BCUT2D eigenvalue weighted by Crippen LogP contribution is 2.14. The summed E-state index contributed by atoms with van der Waals surface area (Å²) in [7, 11) is 0. The van der Waals surface area contributed by atoms with Crippen LogP contribution in [0.15, 0.2) is 48.5 Å². The van der Waals surface area contributed by atoms with Crippen molar-refractivity contribution < 1.29 is 18.7 Å². The molecule has 1 heterocycles. The van der Waals surface area contributed by atoms with E-state index in [0.717, 1.165) is 15.9 Å². The number of ether oxygens (including phenoxy) is 1. The standard InChI is InChI=1S/C18H16FN5O3/c1-12-6-8-13(9-7-12)18-21-23-24(22-18)10-17(26)27-11-16(25)20-15-5-3-2-4-14(15)19/h2-9H,10-11H2,1H3,(H,20,25). The molecule has 1 aromatic heterocycles. The molecule has 0 atom stereocenters. The number of para-hydroxylation sites is 1. The summed E-state index contributed by atoms with van der Waals surface area (Å²) in [5, 5.41) is 14.1. The maximum absolute atomic E-state index is 13.5. The molecule has 0 radical (unpaired) electrons. The molecule has 1 N–H and O–H groups in total. The second-order valence-corrected chi connectivity index (χ2v) is 5.70. The lowest BCUT2D eigenvalue weighted by atomic mass is 10.1. The summed E-state index contributed by atoms with van der Waals surface area (Å²) >= 11 is 0. The van der Waals surface area contributed by atoms with Gasteiger partial charge in [-0.1, -0.05) is 42.0 Å². The Labute approximate surface area is 154 Å². The van der Waals surface area contributed by atoms with Gasteiger partial charge in [0.25, 0.3) is 5.91 Å². The van der Waals surface area contributed by atoms with Crippen molar-refractivity contribution in [2.75, 3.05) is 11.9 Å². The third-order valence-electron chi connectivity index (χ3n) is 3.55. The normalized spacial score (nSPS) is 10.4. The van der Waals surface area contributed by atoms with Crippen LogP contribution in [0.2, 0.25) is 0 Å². The highest BCUT2D eigenvalue weighted by atomic mass is 19.1. The van der Waals surface area contributed by atoms with Gasteiger partial charge in [0.1, 0.15) is 5.82 Å². The number of nitrogens with zero attached hydrogens (tertiary/aromatic N) is 4. The van der Waals surface area contributed by atoms with Gasteiger partial charge in [-0.05, 0) is 24.3 Å². The molecule has 0 unspecified atom stereocenters. The number of aromatic nitrogens is 4. The number of esters is 1. The van der Waals surface area contributed by atoms with Gasteiger partial charge in [-0.3, -0.25) is 4.79 Å². The Balaban J connectivity index is 1.50. The molecular formula is C18H16FN5O3. The van der Waals surface area contributed by atoms with Gasteiger partial charge in [0, 0.05) is 5.56 Å². The number of benzene rings is 2. The largest absolute Gasteiger partial charge is 0.454 e. The van der Waals surface area contributed by atoms with Crippen molar-refractivity contribution in [3.05, 3.63) is 59.9 Å². The van der Waals surface area contributed by atoms with E-state index in [1.165, 1.54) is 18.2 Å². The van der Waals surface area contributed by atoms with Crippen molar-refractivity contribution in [2.45, 2.75) is 13.5 Å². The van der Waals surface area contributed by atoms with Crippen LogP contribution in [-0.2, 0) is 20.9 Å². The van der Waals surface area contributed by atoms with Crippen molar-refractivity contribution in [1.29, 1.82) is 0 Å². The molecule has 8 nitrogen and oxygen atoms in total. The van der Waals surface area contributed by atoms with E-state index < -0.39 is 24.3 Å². The molecule has 9 heteroatoms. The van der Waals surface area contributed by atoms with Crippen LogP contribution in [0, 0.1) is 12.7 Å². The highest BCUT2D eigenvalue weighted by Gasteiger charge is 2.13. The Morgan fingerprint density at radius 1 is 1.15 bits per heavy atom. The lowest BCUT2D eigenvalue weighted by Gasteiger charge is -2.06. The number of hydrogen-bond acceptors (Lipinski definition) is 6. The third-order valence-corrected chi connectivity index (χ3v) is 3.55. The minimum Gasteiger partial charge on any atom is -0.454 e. The van der Waals surface area contributed by atoms with E-state index >= 15 is 0 Å². The molecule has 138 valence electrons. The fourth-order valence-corrected chi connectivity index (χ4v) is 2.18. The van der Waals surface area contributed by atoms with Gasteiger partial charge >= 0.3 is 5.97 Å². The number of anilines is 1. The number of rotatable bonds is 6. The predicted molar refractivity (Wildman–Crippen MR) is 94.0 cm³/mol. The summed E-state index contributed by atoms with van der Waals surface area (Å²) in [6.45, 7) is 1.12. The molecule has 1 amide bonds. The molecule has 0 aliphatic rings. The van der Waals surface area contributed by atoms with Crippen LogP contribution in [0.5, 0.6) is 0 Å². The molecule has 0 saturated carbocycles. The highest BCUT2D eigenvalue weighted by molar-refractivity contribution is 5.92. The Morgan fingerprint density at radius 2 is 1.89 bits per heavy atom. The zero-order valence-electron chi connectivity index (χ0n) is 14.4. The zero-order chi connectivity index (χ0) is 19.2. The average molecular weight is 369 g/mol. The van der Waals surface area contributed by atoms with E-state index in [4.69, 9.17) is 4.74 Å². The molecule has 0 spiro atoms. The second kappa shape index (κ2) is 8.17. The fourth-order valence-electron chi connectivity index (χ4n) is 2.18. The van der Waals surface area contributed by atoms with E-state index in [-0.39, 0.29) is 12.2 Å². The van der Waals surface area contributed by atoms with Crippen LogP contribution in [0.4, 0.5) is 10.1 Å². The van der Waals surface area contributed by atoms with Crippen LogP contribution in [0.25, 0.3) is 11.4 Å². The van der Waals surface area contributed by atoms with E-state index in [9.17, 15) is 14.0 Å². The van der Waals surface area contributed by atoms with E-state index in [2.05, 4.69) is 20.7 Å². The molecule has 3 aromatic rings. The quantitative estimate of drug-likeness (QED) is 0.667. The second-order valence-electron chi connectivity index (χ2n) is 5.70. The Kier molecular flexibility index (Phi) is 5.50. The SMILES string of the molecule is Cc1ccc(-c2nnn(CC(=O)OCC(=O)Nc3ccccc3F)n2)cc1.